The van der Waals surface area contributed by atoms with E-state index in [0.29, 0.717) is 0 Å². The van der Waals surface area contributed by atoms with Crippen molar-refractivity contribution in [1.29, 1.82) is 0 Å². The van der Waals surface area contributed by atoms with Gasteiger partial charge in [0.15, 0.2) is 5.13 Å². The number of aromatic nitrogens is 1. The van der Waals surface area contributed by atoms with Gasteiger partial charge in [-0.05, 0) is 19.8 Å². The third-order valence-corrected chi connectivity index (χ3v) is 3.74. The Hall–Kier alpha value is -1.10. The lowest BCUT2D eigenvalue weighted by molar-refractivity contribution is -0.142. The number of aliphatic carboxylic acids is 1. The Morgan fingerprint density at radius 1 is 1.60 bits per heavy atom. The van der Waals surface area contributed by atoms with Gasteiger partial charge in [-0.2, -0.15) is 0 Å². The Balaban J connectivity index is 1.96. The number of carbonyl (C=O) groups is 1. The molecule has 1 aromatic rings. The van der Waals surface area contributed by atoms with Crippen LogP contribution < -0.4 is 4.90 Å². The van der Waals surface area contributed by atoms with Gasteiger partial charge in [-0.1, -0.05) is 0 Å². The summed E-state index contributed by atoms with van der Waals surface area (Å²) >= 11 is 1.63. The number of thiazole rings is 1. The quantitative estimate of drug-likeness (QED) is 0.834. The molecule has 1 aliphatic heterocycles. The predicted molar refractivity (Wildman–Crippen MR) is 59.4 cm³/mol. The maximum Gasteiger partial charge on any atom is 0.306 e. The van der Waals surface area contributed by atoms with E-state index in [0.717, 1.165) is 36.8 Å². The van der Waals surface area contributed by atoms with Crippen molar-refractivity contribution in [2.75, 3.05) is 18.0 Å². The molecule has 0 atom stereocenters. The maximum absolute atomic E-state index is 10.8. The molecule has 0 aromatic carbocycles. The highest BCUT2D eigenvalue weighted by Gasteiger charge is 2.25. The molecule has 0 spiro atoms. The summed E-state index contributed by atoms with van der Waals surface area (Å²) < 4.78 is 0. The van der Waals surface area contributed by atoms with E-state index in [1.807, 2.05) is 12.3 Å². The van der Waals surface area contributed by atoms with Gasteiger partial charge in [0.1, 0.15) is 0 Å². The minimum absolute atomic E-state index is 0.165. The van der Waals surface area contributed by atoms with Crippen LogP contribution in [0.25, 0.3) is 0 Å². The molecular formula is C10H14N2O2S. The molecule has 1 saturated heterocycles. The van der Waals surface area contributed by atoms with Crippen molar-refractivity contribution in [3.05, 3.63) is 11.1 Å². The first kappa shape index (κ1) is 10.4. The second-order valence-electron chi connectivity index (χ2n) is 3.87. The molecule has 4 nitrogen and oxygen atoms in total. The fraction of sp³-hybridized carbons (Fsp3) is 0.600. The molecule has 5 heteroatoms. The molecule has 1 aliphatic rings. The molecule has 0 amide bonds. The first-order valence-electron chi connectivity index (χ1n) is 5.06. The molecular weight excluding hydrogens is 212 g/mol. The summed E-state index contributed by atoms with van der Waals surface area (Å²) in [6.07, 6.45) is 1.46. The van der Waals surface area contributed by atoms with Gasteiger partial charge in [-0.25, -0.2) is 4.98 Å². The zero-order chi connectivity index (χ0) is 10.8. The van der Waals surface area contributed by atoms with Gasteiger partial charge >= 0.3 is 5.97 Å². The Bertz CT molecular complexity index is 356. The highest BCUT2D eigenvalue weighted by molar-refractivity contribution is 7.13. The fourth-order valence-corrected chi connectivity index (χ4v) is 2.66. The van der Waals surface area contributed by atoms with Gasteiger partial charge in [-0.15, -0.1) is 11.3 Å². The van der Waals surface area contributed by atoms with Crippen LogP contribution in [-0.2, 0) is 4.79 Å². The van der Waals surface area contributed by atoms with Gasteiger partial charge in [0.05, 0.1) is 11.6 Å². The van der Waals surface area contributed by atoms with Gasteiger partial charge in [0, 0.05) is 18.5 Å². The predicted octanol–water partition coefficient (Wildman–Crippen LogP) is 1.75. The summed E-state index contributed by atoms with van der Waals surface area (Å²) in [5.74, 6) is -0.827. The smallest absolute Gasteiger partial charge is 0.306 e. The second kappa shape index (κ2) is 4.18. The van der Waals surface area contributed by atoms with E-state index in [1.54, 1.807) is 11.3 Å². The molecule has 1 fully saturated rings. The third-order valence-electron chi connectivity index (χ3n) is 2.72. The lowest BCUT2D eigenvalue weighted by Gasteiger charge is -2.29. The lowest BCUT2D eigenvalue weighted by Crippen LogP contribution is -2.36. The molecule has 1 N–H and O–H groups in total. The average molecular weight is 226 g/mol. The second-order valence-corrected chi connectivity index (χ2v) is 4.71. The molecule has 15 heavy (non-hydrogen) atoms. The number of hydrogen-bond acceptors (Lipinski definition) is 4. The number of aryl methyl sites for hydroxylation is 1. The van der Waals surface area contributed by atoms with Crippen molar-refractivity contribution in [3.8, 4) is 0 Å². The Kier molecular flexibility index (Phi) is 2.90. The van der Waals surface area contributed by atoms with Crippen LogP contribution in [0.1, 0.15) is 18.5 Å². The molecule has 1 aromatic heterocycles. The molecule has 0 aliphatic carbocycles. The summed E-state index contributed by atoms with van der Waals surface area (Å²) in [5.41, 5.74) is 1.04. The zero-order valence-electron chi connectivity index (χ0n) is 8.64. The van der Waals surface area contributed by atoms with Crippen molar-refractivity contribution in [2.45, 2.75) is 19.8 Å². The van der Waals surface area contributed by atoms with E-state index >= 15 is 0 Å². The number of carboxylic acids is 1. The highest BCUT2D eigenvalue weighted by atomic mass is 32.1. The first-order chi connectivity index (χ1) is 7.16. The van der Waals surface area contributed by atoms with Crippen molar-refractivity contribution < 1.29 is 9.90 Å². The van der Waals surface area contributed by atoms with Crippen molar-refractivity contribution in [1.82, 2.24) is 4.98 Å². The summed E-state index contributed by atoms with van der Waals surface area (Å²) in [5, 5.41) is 11.9. The minimum atomic E-state index is -0.662. The number of anilines is 1. The molecule has 2 heterocycles. The Morgan fingerprint density at radius 3 is 2.73 bits per heavy atom. The van der Waals surface area contributed by atoms with Crippen LogP contribution in [0.5, 0.6) is 0 Å². The summed E-state index contributed by atoms with van der Waals surface area (Å²) in [6.45, 7) is 3.60. The summed E-state index contributed by atoms with van der Waals surface area (Å²) in [6, 6.07) is 0. The highest BCUT2D eigenvalue weighted by Crippen LogP contribution is 2.25. The lowest BCUT2D eigenvalue weighted by atomic mass is 9.98. The molecule has 0 bridgehead atoms. The van der Waals surface area contributed by atoms with Crippen LogP contribution in [0.3, 0.4) is 0 Å². The van der Waals surface area contributed by atoms with Crippen LogP contribution >= 0.6 is 11.3 Å². The van der Waals surface area contributed by atoms with Crippen LogP contribution in [0, 0.1) is 12.8 Å². The van der Waals surface area contributed by atoms with E-state index in [-0.39, 0.29) is 5.92 Å². The zero-order valence-corrected chi connectivity index (χ0v) is 9.46. The average Bonchev–Trinajstić information content (AvgIpc) is 2.65. The molecule has 0 saturated carbocycles. The topological polar surface area (TPSA) is 53.4 Å². The van der Waals surface area contributed by atoms with E-state index in [2.05, 4.69) is 9.88 Å². The van der Waals surface area contributed by atoms with Crippen LogP contribution in [0.4, 0.5) is 5.13 Å². The fourth-order valence-electron chi connectivity index (χ4n) is 1.80. The largest absolute Gasteiger partial charge is 0.481 e. The monoisotopic (exact) mass is 226 g/mol. The third kappa shape index (κ3) is 2.28. The number of nitrogens with zero attached hydrogens (tertiary/aromatic N) is 2. The number of piperidine rings is 1. The summed E-state index contributed by atoms with van der Waals surface area (Å²) in [7, 11) is 0. The molecule has 0 radical (unpaired) electrons. The number of hydrogen-bond donors (Lipinski definition) is 1. The van der Waals surface area contributed by atoms with Gasteiger partial charge in [0.25, 0.3) is 0 Å². The SMILES string of the molecule is Cc1csc(N2CCC(C(=O)O)CC2)n1. The summed E-state index contributed by atoms with van der Waals surface area (Å²) in [4.78, 5) is 17.3. The van der Waals surface area contributed by atoms with Crippen molar-refractivity contribution >= 4 is 22.4 Å². The normalized spacial score (nSPS) is 18.1. The Labute approximate surface area is 92.6 Å². The van der Waals surface area contributed by atoms with Gasteiger partial charge in [-0.3, -0.25) is 4.79 Å². The van der Waals surface area contributed by atoms with Crippen LogP contribution in [-0.4, -0.2) is 29.1 Å². The van der Waals surface area contributed by atoms with Crippen molar-refractivity contribution in [3.63, 3.8) is 0 Å². The first-order valence-corrected chi connectivity index (χ1v) is 5.94. The molecule has 82 valence electrons. The van der Waals surface area contributed by atoms with E-state index in [1.165, 1.54) is 0 Å². The molecule has 0 unspecified atom stereocenters. The van der Waals surface area contributed by atoms with Gasteiger partial charge < -0.3 is 10.0 Å². The standard InChI is InChI=1S/C10H14N2O2S/c1-7-6-15-10(11-7)12-4-2-8(3-5-12)9(13)14/h6,8H,2-5H2,1H3,(H,13,14). The van der Waals surface area contributed by atoms with Crippen LogP contribution in [0.2, 0.25) is 0 Å². The number of carboxylic acid groups (broad SMARTS) is 1. The maximum atomic E-state index is 10.8. The van der Waals surface area contributed by atoms with E-state index < -0.39 is 5.97 Å². The van der Waals surface area contributed by atoms with Gasteiger partial charge in [0.2, 0.25) is 0 Å². The minimum Gasteiger partial charge on any atom is -0.481 e. The van der Waals surface area contributed by atoms with Crippen molar-refractivity contribution in [2.24, 2.45) is 5.92 Å². The van der Waals surface area contributed by atoms with Crippen LogP contribution in [0.15, 0.2) is 5.38 Å². The van der Waals surface area contributed by atoms with E-state index in [4.69, 9.17) is 5.11 Å². The molecule has 2 rings (SSSR count). The number of rotatable bonds is 2. The van der Waals surface area contributed by atoms with E-state index in [9.17, 15) is 4.79 Å². The Morgan fingerprint density at radius 2 is 2.27 bits per heavy atom.